The summed E-state index contributed by atoms with van der Waals surface area (Å²) in [5.41, 5.74) is 6.84. The van der Waals surface area contributed by atoms with E-state index in [1.807, 2.05) is 6.07 Å². The molecule has 154 valence electrons. The number of azo groups is 1. The van der Waals surface area contributed by atoms with E-state index in [1.165, 1.54) is 4.57 Å². The summed E-state index contributed by atoms with van der Waals surface area (Å²) in [5.74, 6) is -1.03. The molecule has 0 fully saturated rings. The van der Waals surface area contributed by atoms with Crippen molar-refractivity contribution in [2.24, 2.45) is 16.0 Å². The zero-order chi connectivity index (χ0) is 21.8. The van der Waals surface area contributed by atoms with Crippen LogP contribution in [0.25, 0.3) is 10.9 Å². The molecule has 0 aliphatic heterocycles. The lowest BCUT2D eigenvalue weighted by atomic mass is 10.0. The number of fused-ring (bicyclic) bond motifs is 1. The number of ketones is 1. The van der Waals surface area contributed by atoms with Crippen molar-refractivity contribution in [2.45, 2.75) is 19.9 Å². The summed E-state index contributed by atoms with van der Waals surface area (Å²) in [5, 5.41) is 18.6. The van der Waals surface area contributed by atoms with E-state index in [-0.39, 0.29) is 29.1 Å². The topological polar surface area (TPSA) is 119 Å². The van der Waals surface area contributed by atoms with Gasteiger partial charge in [-0.3, -0.25) is 9.36 Å². The number of aromatic nitrogens is 1. The van der Waals surface area contributed by atoms with Crippen molar-refractivity contribution in [3.8, 4) is 5.88 Å². The van der Waals surface area contributed by atoms with E-state index in [9.17, 15) is 14.7 Å². The van der Waals surface area contributed by atoms with Gasteiger partial charge in [0, 0.05) is 16.5 Å². The van der Waals surface area contributed by atoms with Crippen LogP contribution in [0.3, 0.4) is 0 Å². The van der Waals surface area contributed by atoms with Gasteiger partial charge in [-0.15, -0.1) is 10.2 Å². The number of ether oxygens (including phenoxy) is 1. The molecule has 0 spiro atoms. The Kier molecular flexibility index (Phi) is 6.22. The zero-order valence-electron chi connectivity index (χ0n) is 16.4. The van der Waals surface area contributed by atoms with Gasteiger partial charge in [0.25, 0.3) is 0 Å². The number of rotatable bonds is 6. The maximum Gasteiger partial charge on any atom is 0.328 e. The van der Waals surface area contributed by atoms with Gasteiger partial charge in [-0.1, -0.05) is 30.3 Å². The summed E-state index contributed by atoms with van der Waals surface area (Å²) >= 11 is 4.73. The van der Waals surface area contributed by atoms with Crippen LogP contribution in [0.15, 0.2) is 58.8 Å². The Labute approximate surface area is 178 Å². The fraction of sp³-hybridized carbons (Fsp3) is 0.190. The van der Waals surface area contributed by atoms with Crippen LogP contribution in [0, 0.1) is 0 Å². The van der Waals surface area contributed by atoms with Crippen LogP contribution in [0.2, 0.25) is 0 Å². The number of thiocarbonyl (C=S) groups is 1. The Morgan fingerprint density at radius 1 is 1.20 bits per heavy atom. The predicted molar refractivity (Wildman–Crippen MR) is 116 cm³/mol. The highest BCUT2D eigenvalue weighted by Crippen LogP contribution is 2.41. The molecule has 3 rings (SSSR count). The molecule has 0 bridgehead atoms. The Balaban J connectivity index is 2.19. The summed E-state index contributed by atoms with van der Waals surface area (Å²) in [4.78, 5) is 25.1. The van der Waals surface area contributed by atoms with Crippen LogP contribution in [0.1, 0.15) is 35.8 Å². The van der Waals surface area contributed by atoms with Gasteiger partial charge >= 0.3 is 5.97 Å². The normalized spacial score (nSPS) is 12.2. The molecule has 1 atom stereocenters. The molecule has 3 N–H and O–H groups in total. The molecule has 1 unspecified atom stereocenters. The summed E-state index contributed by atoms with van der Waals surface area (Å²) in [6.07, 6.45) is 0. The highest BCUT2D eigenvalue weighted by atomic mass is 32.1. The van der Waals surface area contributed by atoms with E-state index in [4.69, 9.17) is 22.7 Å². The summed E-state index contributed by atoms with van der Waals surface area (Å²) in [6.45, 7) is 3.49. The average molecular weight is 424 g/mol. The Bertz CT molecular complexity index is 1150. The van der Waals surface area contributed by atoms with Gasteiger partial charge < -0.3 is 15.6 Å². The van der Waals surface area contributed by atoms with Gasteiger partial charge in [0.1, 0.15) is 6.04 Å². The van der Waals surface area contributed by atoms with Gasteiger partial charge in [-0.05, 0) is 44.3 Å². The number of nitrogens with zero attached hydrogens (tertiary/aromatic N) is 3. The summed E-state index contributed by atoms with van der Waals surface area (Å²) < 4.78 is 6.44. The minimum atomic E-state index is -0.836. The smallest absolute Gasteiger partial charge is 0.328 e. The van der Waals surface area contributed by atoms with Crippen molar-refractivity contribution >= 4 is 45.7 Å². The van der Waals surface area contributed by atoms with Gasteiger partial charge in [0.2, 0.25) is 11.0 Å². The number of aromatic hydroxyl groups is 1. The number of hydrogen-bond donors (Lipinski definition) is 2. The van der Waals surface area contributed by atoms with Crippen LogP contribution >= 0.6 is 12.2 Å². The van der Waals surface area contributed by atoms with Crippen molar-refractivity contribution < 1.29 is 19.4 Å². The molecule has 2 aromatic carbocycles. The molecule has 9 heteroatoms. The molecular formula is C21H20N4O4S. The van der Waals surface area contributed by atoms with E-state index < -0.39 is 12.0 Å². The van der Waals surface area contributed by atoms with Gasteiger partial charge in [0.05, 0.1) is 12.1 Å². The quantitative estimate of drug-likeness (QED) is 0.267. The van der Waals surface area contributed by atoms with Crippen LogP contribution in [0.4, 0.5) is 5.69 Å². The first kappa shape index (κ1) is 21.1. The number of carbonyl (C=O) groups is 2. The SMILES string of the molecule is CCOC(=O)C(C)n1c(O)c(N=NC(N)=S)c2cc(C(=O)c3ccccc3)ccc21. The second-order valence-electron chi connectivity index (χ2n) is 6.44. The van der Waals surface area contributed by atoms with Crippen LogP contribution in [-0.4, -0.2) is 33.1 Å². The van der Waals surface area contributed by atoms with Crippen molar-refractivity contribution in [3.05, 3.63) is 59.7 Å². The third-order valence-electron chi connectivity index (χ3n) is 4.51. The van der Waals surface area contributed by atoms with Gasteiger partial charge in [0.15, 0.2) is 11.5 Å². The monoisotopic (exact) mass is 424 g/mol. The Morgan fingerprint density at radius 2 is 1.90 bits per heavy atom. The lowest BCUT2D eigenvalue weighted by Gasteiger charge is -2.15. The standard InChI is InChI=1S/C21H20N4O4S/c1-3-29-20(28)12(2)25-16-10-9-14(18(26)13-7-5-4-6-8-13)11-15(16)17(19(25)27)23-24-21(22)30/h4-12,27H,3H2,1-2H3,(H2,22,30). The molecule has 0 aliphatic carbocycles. The third-order valence-corrected chi connectivity index (χ3v) is 4.59. The zero-order valence-corrected chi connectivity index (χ0v) is 17.2. The Morgan fingerprint density at radius 3 is 2.53 bits per heavy atom. The van der Waals surface area contributed by atoms with Crippen LogP contribution in [-0.2, 0) is 9.53 Å². The number of carbonyl (C=O) groups excluding carboxylic acids is 2. The first-order valence-electron chi connectivity index (χ1n) is 9.19. The third kappa shape index (κ3) is 4.06. The number of esters is 1. The van der Waals surface area contributed by atoms with E-state index >= 15 is 0 Å². The van der Waals surface area contributed by atoms with E-state index in [2.05, 4.69) is 10.2 Å². The maximum atomic E-state index is 12.8. The molecule has 1 heterocycles. The predicted octanol–water partition coefficient (Wildman–Crippen LogP) is 4.03. The molecule has 1 aromatic heterocycles. The van der Waals surface area contributed by atoms with Crippen molar-refractivity contribution in [1.29, 1.82) is 0 Å². The minimum absolute atomic E-state index is 0.0525. The average Bonchev–Trinajstić information content (AvgIpc) is 3.02. The molecule has 0 aliphatic rings. The molecule has 0 saturated carbocycles. The minimum Gasteiger partial charge on any atom is -0.493 e. The first-order chi connectivity index (χ1) is 14.3. The highest BCUT2D eigenvalue weighted by Gasteiger charge is 2.26. The van der Waals surface area contributed by atoms with E-state index in [0.717, 1.165) is 0 Å². The molecular weight excluding hydrogens is 404 g/mol. The van der Waals surface area contributed by atoms with Gasteiger partial charge in [-0.2, -0.15) is 0 Å². The molecule has 0 radical (unpaired) electrons. The molecule has 3 aromatic rings. The largest absolute Gasteiger partial charge is 0.493 e. The van der Waals surface area contributed by atoms with Crippen molar-refractivity contribution in [1.82, 2.24) is 4.57 Å². The maximum absolute atomic E-state index is 12.8. The molecule has 8 nitrogen and oxygen atoms in total. The second kappa shape index (κ2) is 8.83. The molecule has 0 saturated heterocycles. The van der Waals surface area contributed by atoms with Crippen LogP contribution in [0.5, 0.6) is 5.88 Å². The molecule has 30 heavy (non-hydrogen) atoms. The van der Waals surface area contributed by atoms with Gasteiger partial charge in [-0.25, -0.2) is 4.79 Å². The van der Waals surface area contributed by atoms with Crippen molar-refractivity contribution in [2.75, 3.05) is 6.61 Å². The van der Waals surface area contributed by atoms with Crippen LogP contribution < -0.4 is 5.73 Å². The fourth-order valence-electron chi connectivity index (χ4n) is 3.14. The number of benzene rings is 2. The van der Waals surface area contributed by atoms with Crippen molar-refractivity contribution in [3.63, 3.8) is 0 Å². The highest BCUT2D eigenvalue weighted by molar-refractivity contribution is 7.80. The lowest BCUT2D eigenvalue weighted by Crippen LogP contribution is -2.18. The first-order valence-corrected chi connectivity index (χ1v) is 9.60. The number of nitrogens with two attached hydrogens (primary N) is 1. The Hall–Kier alpha value is -3.59. The van der Waals surface area contributed by atoms with E-state index in [1.54, 1.807) is 56.3 Å². The lowest BCUT2D eigenvalue weighted by molar-refractivity contribution is -0.146. The summed E-state index contributed by atoms with van der Waals surface area (Å²) in [7, 11) is 0. The van der Waals surface area contributed by atoms with E-state index in [0.29, 0.717) is 22.0 Å². The molecule has 0 amide bonds. The summed E-state index contributed by atoms with van der Waals surface area (Å²) in [6, 6.07) is 12.8. The second-order valence-corrected chi connectivity index (χ2v) is 6.85. The fourth-order valence-corrected chi connectivity index (χ4v) is 3.18. The number of hydrogen-bond acceptors (Lipinski definition) is 6.